The van der Waals surface area contributed by atoms with Gasteiger partial charge in [0.05, 0.1) is 17.4 Å². The van der Waals surface area contributed by atoms with Gasteiger partial charge in [0.15, 0.2) is 0 Å². The second-order valence-electron chi connectivity index (χ2n) is 4.86. The highest BCUT2D eigenvalue weighted by atomic mass is 16.5. The average molecular weight is 248 g/mol. The van der Waals surface area contributed by atoms with Crippen LogP contribution in [0.15, 0.2) is 31.0 Å². The van der Waals surface area contributed by atoms with Crippen LogP contribution in [0.3, 0.4) is 0 Å². The first-order valence-electron chi connectivity index (χ1n) is 5.47. The van der Waals surface area contributed by atoms with Crippen LogP contribution in [0.5, 0.6) is 0 Å². The second-order valence-corrected chi connectivity index (χ2v) is 4.86. The SMILES string of the molecule is C=COC(=O)c1cccc(C(C)(C)C)c1C(=O)O. The van der Waals surface area contributed by atoms with E-state index in [-0.39, 0.29) is 16.5 Å². The van der Waals surface area contributed by atoms with Crippen LogP contribution < -0.4 is 0 Å². The largest absolute Gasteiger partial charge is 0.478 e. The molecule has 0 amide bonds. The summed E-state index contributed by atoms with van der Waals surface area (Å²) in [4.78, 5) is 23.1. The molecule has 0 bridgehead atoms. The molecule has 0 aromatic heterocycles. The lowest BCUT2D eigenvalue weighted by molar-refractivity contribution is 0.0631. The molecule has 0 unspecified atom stereocenters. The quantitative estimate of drug-likeness (QED) is 0.659. The third-order valence-corrected chi connectivity index (χ3v) is 2.50. The molecule has 0 aliphatic rings. The van der Waals surface area contributed by atoms with E-state index in [4.69, 9.17) is 0 Å². The molecule has 96 valence electrons. The third-order valence-electron chi connectivity index (χ3n) is 2.50. The van der Waals surface area contributed by atoms with Gasteiger partial charge in [-0.3, -0.25) is 0 Å². The number of carboxylic acid groups (broad SMARTS) is 1. The predicted molar refractivity (Wildman–Crippen MR) is 67.7 cm³/mol. The maximum Gasteiger partial charge on any atom is 0.343 e. The number of carbonyl (C=O) groups excluding carboxylic acids is 1. The molecule has 0 heterocycles. The van der Waals surface area contributed by atoms with Crippen LogP contribution in [0.2, 0.25) is 0 Å². The zero-order chi connectivity index (χ0) is 13.9. The lowest BCUT2D eigenvalue weighted by Crippen LogP contribution is -2.20. The van der Waals surface area contributed by atoms with Gasteiger partial charge in [-0.2, -0.15) is 0 Å². The number of carbonyl (C=O) groups is 2. The molecule has 0 aliphatic carbocycles. The van der Waals surface area contributed by atoms with Gasteiger partial charge >= 0.3 is 11.9 Å². The maximum atomic E-state index is 11.7. The summed E-state index contributed by atoms with van der Waals surface area (Å²) in [6, 6.07) is 4.78. The molecular formula is C14H16O4. The number of carboxylic acids is 1. The Morgan fingerprint density at radius 2 is 1.94 bits per heavy atom. The number of benzene rings is 1. The first-order chi connectivity index (χ1) is 8.29. The summed E-state index contributed by atoms with van der Waals surface area (Å²) in [6.07, 6.45) is 0.984. The molecule has 0 aliphatic heterocycles. The van der Waals surface area contributed by atoms with E-state index < -0.39 is 11.9 Å². The molecule has 1 rings (SSSR count). The summed E-state index contributed by atoms with van der Waals surface area (Å²) in [5, 5.41) is 9.29. The third kappa shape index (κ3) is 2.77. The topological polar surface area (TPSA) is 63.6 Å². The number of rotatable bonds is 3. The minimum atomic E-state index is -1.14. The Bertz CT molecular complexity index is 495. The second kappa shape index (κ2) is 5.04. The Morgan fingerprint density at radius 1 is 1.33 bits per heavy atom. The van der Waals surface area contributed by atoms with Gasteiger partial charge in [0.1, 0.15) is 0 Å². The molecule has 1 aromatic carbocycles. The molecule has 0 saturated carbocycles. The van der Waals surface area contributed by atoms with E-state index in [0.29, 0.717) is 5.56 Å². The Balaban J connectivity index is 3.49. The van der Waals surface area contributed by atoms with Crippen LogP contribution in [0.4, 0.5) is 0 Å². The maximum absolute atomic E-state index is 11.7. The Morgan fingerprint density at radius 3 is 2.39 bits per heavy atom. The summed E-state index contributed by atoms with van der Waals surface area (Å²) in [6.45, 7) is 8.94. The predicted octanol–water partition coefficient (Wildman–Crippen LogP) is 2.98. The fraction of sp³-hybridized carbons (Fsp3) is 0.286. The van der Waals surface area contributed by atoms with Crippen molar-refractivity contribution in [3.05, 3.63) is 47.7 Å². The highest BCUT2D eigenvalue weighted by molar-refractivity contribution is 6.03. The molecule has 4 heteroatoms. The van der Waals surface area contributed by atoms with Crippen LogP contribution in [0.1, 0.15) is 47.1 Å². The van der Waals surface area contributed by atoms with Gasteiger partial charge in [0.25, 0.3) is 0 Å². The van der Waals surface area contributed by atoms with Gasteiger partial charge in [-0.05, 0) is 17.0 Å². The van der Waals surface area contributed by atoms with Crippen molar-refractivity contribution < 1.29 is 19.4 Å². The van der Waals surface area contributed by atoms with E-state index in [9.17, 15) is 14.7 Å². The van der Waals surface area contributed by atoms with Crippen LogP contribution in [0, 0.1) is 0 Å². The van der Waals surface area contributed by atoms with E-state index in [1.54, 1.807) is 12.1 Å². The normalized spacial score (nSPS) is 10.8. The molecule has 0 saturated heterocycles. The number of hydrogen-bond acceptors (Lipinski definition) is 3. The van der Waals surface area contributed by atoms with E-state index in [0.717, 1.165) is 6.26 Å². The summed E-state index contributed by atoms with van der Waals surface area (Å²) >= 11 is 0. The molecule has 4 nitrogen and oxygen atoms in total. The average Bonchev–Trinajstić information content (AvgIpc) is 2.27. The summed E-state index contributed by atoms with van der Waals surface area (Å²) < 4.78 is 4.65. The lowest BCUT2D eigenvalue weighted by Gasteiger charge is -2.22. The van der Waals surface area contributed by atoms with Crippen molar-refractivity contribution in [2.24, 2.45) is 0 Å². The Labute approximate surface area is 106 Å². The minimum absolute atomic E-state index is 0.0168. The molecule has 0 atom stereocenters. The van der Waals surface area contributed by atoms with Gasteiger partial charge in [-0.15, -0.1) is 0 Å². The summed E-state index contributed by atoms with van der Waals surface area (Å²) in [5.41, 5.74) is 0.234. The Hall–Kier alpha value is -2.10. The minimum Gasteiger partial charge on any atom is -0.478 e. The summed E-state index contributed by atoms with van der Waals surface area (Å²) in [7, 11) is 0. The fourth-order valence-corrected chi connectivity index (χ4v) is 1.72. The van der Waals surface area contributed by atoms with Gasteiger partial charge in [-0.1, -0.05) is 39.5 Å². The smallest absolute Gasteiger partial charge is 0.343 e. The van der Waals surface area contributed by atoms with Crippen LogP contribution in [0.25, 0.3) is 0 Å². The van der Waals surface area contributed by atoms with E-state index >= 15 is 0 Å². The molecule has 18 heavy (non-hydrogen) atoms. The number of aromatic carboxylic acids is 1. The van der Waals surface area contributed by atoms with Crippen molar-refractivity contribution >= 4 is 11.9 Å². The Kier molecular flexibility index (Phi) is 3.91. The van der Waals surface area contributed by atoms with Gasteiger partial charge in [-0.25, -0.2) is 9.59 Å². The van der Waals surface area contributed by atoms with E-state index in [1.807, 2.05) is 20.8 Å². The van der Waals surface area contributed by atoms with Gasteiger partial charge in [0, 0.05) is 0 Å². The van der Waals surface area contributed by atoms with Gasteiger partial charge < -0.3 is 9.84 Å². The van der Waals surface area contributed by atoms with E-state index in [1.165, 1.54) is 6.07 Å². The molecule has 1 N–H and O–H groups in total. The highest BCUT2D eigenvalue weighted by Crippen LogP contribution is 2.28. The van der Waals surface area contributed by atoms with Crippen LogP contribution >= 0.6 is 0 Å². The molecule has 0 spiro atoms. The first-order valence-corrected chi connectivity index (χ1v) is 5.47. The molecule has 0 radical (unpaired) electrons. The number of hydrogen-bond donors (Lipinski definition) is 1. The standard InChI is InChI=1S/C14H16O4/c1-5-18-13(17)9-7-6-8-10(14(2,3)4)11(9)12(15)16/h5-8H,1H2,2-4H3,(H,15,16). The van der Waals surface area contributed by atoms with E-state index in [2.05, 4.69) is 11.3 Å². The zero-order valence-corrected chi connectivity index (χ0v) is 10.7. The highest BCUT2D eigenvalue weighted by Gasteiger charge is 2.26. The lowest BCUT2D eigenvalue weighted by atomic mass is 9.82. The van der Waals surface area contributed by atoms with Crippen LogP contribution in [-0.4, -0.2) is 17.0 Å². The number of esters is 1. The van der Waals surface area contributed by atoms with Crippen molar-refractivity contribution in [2.75, 3.05) is 0 Å². The van der Waals surface area contributed by atoms with Crippen molar-refractivity contribution in [3.8, 4) is 0 Å². The monoisotopic (exact) mass is 248 g/mol. The van der Waals surface area contributed by atoms with Crippen molar-refractivity contribution in [3.63, 3.8) is 0 Å². The van der Waals surface area contributed by atoms with Crippen LogP contribution in [-0.2, 0) is 10.2 Å². The van der Waals surface area contributed by atoms with Crippen molar-refractivity contribution in [2.45, 2.75) is 26.2 Å². The number of ether oxygens (including phenoxy) is 1. The first kappa shape index (κ1) is 14.0. The van der Waals surface area contributed by atoms with Crippen molar-refractivity contribution in [1.82, 2.24) is 0 Å². The summed E-state index contributed by atoms with van der Waals surface area (Å²) in [5.74, 6) is -1.86. The molecule has 0 fully saturated rings. The molecule has 1 aromatic rings. The van der Waals surface area contributed by atoms with Crippen molar-refractivity contribution in [1.29, 1.82) is 0 Å². The fourth-order valence-electron chi connectivity index (χ4n) is 1.72. The molecular weight excluding hydrogens is 232 g/mol. The zero-order valence-electron chi connectivity index (χ0n) is 10.7. The van der Waals surface area contributed by atoms with Gasteiger partial charge in [0.2, 0.25) is 0 Å².